The summed E-state index contributed by atoms with van der Waals surface area (Å²) in [6.45, 7) is 3.15. The predicted molar refractivity (Wildman–Crippen MR) is 100.0 cm³/mol. The van der Waals surface area contributed by atoms with E-state index < -0.39 is 0 Å². The van der Waals surface area contributed by atoms with Gasteiger partial charge in [0, 0.05) is 20.1 Å². The van der Waals surface area contributed by atoms with E-state index >= 15 is 0 Å². The number of nitriles is 1. The van der Waals surface area contributed by atoms with E-state index in [4.69, 9.17) is 21.6 Å². The van der Waals surface area contributed by atoms with Crippen molar-refractivity contribution < 1.29 is 9.53 Å². The first-order valence-corrected chi connectivity index (χ1v) is 9.46. The Kier molecular flexibility index (Phi) is 7.75. The summed E-state index contributed by atoms with van der Waals surface area (Å²) in [5, 5.41) is 18.0. The molecule has 0 unspecified atom stereocenters. The van der Waals surface area contributed by atoms with Crippen molar-refractivity contribution in [2.75, 3.05) is 18.8 Å². The van der Waals surface area contributed by atoms with E-state index in [1.165, 1.54) is 11.8 Å². The van der Waals surface area contributed by atoms with Gasteiger partial charge in [0.05, 0.1) is 23.3 Å². The average molecular weight is 394 g/mol. The lowest BCUT2D eigenvalue weighted by Gasteiger charge is -2.18. The van der Waals surface area contributed by atoms with Gasteiger partial charge in [0.2, 0.25) is 5.91 Å². The van der Waals surface area contributed by atoms with Crippen molar-refractivity contribution in [3.8, 4) is 11.8 Å². The summed E-state index contributed by atoms with van der Waals surface area (Å²) in [4.78, 5) is 13.9. The molecule has 0 bridgehead atoms. The first kappa shape index (κ1) is 20.1. The number of halogens is 1. The van der Waals surface area contributed by atoms with Crippen molar-refractivity contribution in [1.82, 2.24) is 19.7 Å². The lowest BCUT2D eigenvalue weighted by Crippen LogP contribution is -2.33. The molecule has 2 aromatic rings. The number of hydrogen-bond donors (Lipinski definition) is 0. The van der Waals surface area contributed by atoms with Crippen molar-refractivity contribution in [2.24, 2.45) is 7.05 Å². The van der Waals surface area contributed by atoms with E-state index in [-0.39, 0.29) is 18.3 Å². The average Bonchev–Trinajstić information content (AvgIpc) is 2.99. The Morgan fingerprint density at radius 1 is 1.42 bits per heavy atom. The van der Waals surface area contributed by atoms with E-state index in [2.05, 4.69) is 16.3 Å². The minimum Gasteiger partial charge on any atom is -0.484 e. The van der Waals surface area contributed by atoms with E-state index in [1.807, 2.05) is 26.1 Å². The number of para-hydroxylation sites is 1. The van der Waals surface area contributed by atoms with Crippen molar-refractivity contribution >= 4 is 29.3 Å². The first-order chi connectivity index (χ1) is 12.6. The number of rotatable bonds is 9. The topological polar surface area (TPSA) is 84.0 Å². The Hall–Kier alpha value is -2.24. The SMILES string of the molecule is CCN(CCC#N)C(=O)CSc1nnc(COc2ccccc2Cl)n1C. The van der Waals surface area contributed by atoms with Gasteiger partial charge in [-0.05, 0) is 19.1 Å². The van der Waals surface area contributed by atoms with Crippen molar-refractivity contribution in [2.45, 2.75) is 25.1 Å². The summed E-state index contributed by atoms with van der Waals surface area (Å²) < 4.78 is 7.46. The third-order valence-electron chi connectivity index (χ3n) is 3.67. The zero-order valence-corrected chi connectivity index (χ0v) is 16.3. The van der Waals surface area contributed by atoms with Gasteiger partial charge >= 0.3 is 0 Å². The molecule has 138 valence electrons. The maximum absolute atomic E-state index is 12.2. The molecule has 7 nitrogen and oxygen atoms in total. The lowest BCUT2D eigenvalue weighted by atomic mass is 10.3. The fourth-order valence-electron chi connectivity index (χ4n) is 2.16. The Labute approximate surface area is 161 Å². The summed E-state index contributed by atoms with van der Waals surface area (Å²) >= 11 is 7.38. The quantitative estimate of drug-likeness (QED) is 0.609. The molecule has 0 aliphatic heterocycles. The molecule has 9 heteroatoms. The monoisotopic (exact) mass is 393 g/mol. The van der Waals surface area contributed by atoms with Crippen molar-refractivity contribution in [3.63, 3.8) is 0 Å². The molecular weight excluding hydrogens is 374 g/mol. The highest BCUT2D eigenvalue weighted by Gasteiger charge is 2.15. The van der Waals surface area contributed by atoms with Crippen LogP contribution < -0.4 is 4.74 Å². The van der Waals surface area contributed by atoms with E-state index in [9.17, 15) is 4.79 Å². The largest absolute Gasteiger partial charge is 0.484 e. The van der Waals surface area contributed by atoms with Crippen LogP contribution in [0.2, 0.25) is 5.02 Å². The van der Waals surface area contributed by atoms with Crippen LogP contribution in [-0.4, -0.2) is 44.4 Å². The van der Waals surface area contributed by atoms with Gasteiger partial charge in [0.25, 0.3) is 0 Å². The predicted octanol–water partition coefficient (Wildman–Crippen LogP) is 2.90. The number of benzene rings is 1. The minimum atomic E-state index is -0.0235. The second kappa shape index (κ2) is 10.0. The molecule has 0 fully saturated rings. The maximum atomic E-state index is 12.2. The van der Waals surface area contributed by atoms with Crippen molar-refractivity contribution in [1.29, 1.82) is 5.26 Å². The van der Waals surface area contributed by atoms with E-state index in [1.54, 1.807) is 21.6 Å². The van der Waals surface area contributed by atoms with Crippen LogP contribution >= 0.6 is 23.4 Å². The third-order valence-corrected chi connectivity index (χ3v) is 4.99. The highest BCUT2D eigenvalue weighted by atomic mass is 35.5. The van der Waals surface area contributed by atoms with Crippen LogP contribution in [0.4, 0.5) is 0 Å². The Morgan fingerprint density at radius 3 is 2.88 bits per heavy atom. The molecule has 0 spiro atoms. The third kappa shape index (κ3) is 5.38. The Morgan fingerprint density at radius 2 is 2.19 bits per heavy atom. The molecule has 0 aliphatic rings. The van der Waals surface area contributed by atoms with Crippen LogP contribution in [0.25, 0.3) is 0 Å². The number of hydrogen-bond acceptors (Lipinski definition) is 6. The van der Waals surface area contributed by atoms with Crippen LogP contribution in [0.15, 0.2) is 29.4 Å². The van der Waals surface area contributed by atoms with Crippen LogP contribution in [0.3, 0.4) is 0 Å². The molecule has 0 aliphatic carbocycles. The summed E-state index contributed by atoms with van der Waals surface area (Å²) in [7, 11) is 1.82. The lowest BCUT2D eigenvalue weighted by molar-refractivity contribution is -0.128. The maximum Gasteiger partial charge on any atom is 0.233 e. The molecule has 2 rings (SSSR count). The van der Waals surface area contributed by atoms with Gasteiger partial charge in [-0.25, -0.2) is 0 Å². The fraction of sp³-hybridized carbons (Fsp3) is 0.412. The molecule has 0 radical (unpaired) electrons. The second-order valence-corrected chi connectivity index (χ2v) is 6.70. The first-order valence-electron chi connectivity index (χ1n) is 8.10. The molecule has 26 heavy (non-hydrogen) atoms. The van der Waals surface area contributed by atoms with Crippen LogP contribution in [0, 0.1) is 11.3 Å². The molecule has 0 saturated carbocycles. The molecule has 1 heterocycles. The van der Waals surface area contributed by atoms with Gasteiger partial charge in [-0.15, -0.1) is 10.2 Å². The minimum absolute atomic E-state index is 0.0235. The number of carbonyl (C=O) groups excluding carboxylic acids is 1. The standard InChI is InChI=1S/C17H20ClN5O2S/c1-3-23(10-6-9-19)16(24)12-26-17-21-20-15(22(17)2)11-25-14-8-5-4-7-13(14)18/h4-5,7-8H,3,6,10-12H2,1-2H3. The summed E-state index contributed by atoms with van der Waals surface area (Å²) in [6.07, 6.45) is 0.331. The van der Waals surface area contributed by atoms with E-state index in [0.717, 1.165) is 0 Å². The molecule has 1 aromatic carbocycles. The van der Waals surface area contributed by atoms with Gasteiger partial charge in [-0.2, -0.15) is 5.26 Å². The molecular formula is C17H20ClN5O2S. The number of thioether (sulfide) groups is 1. The van der Waals surface area contributed by atoms with E-state index in [0.29, 0.717) is 41.3 Å². The molecule has 1 amide bonds. The zero-order chi connectivity index (χ0) is 18.9. The van der Waals surface area contributed by atoms with Gasteiger partial charge < -0.3 is 14.2 Å². The smallest absolute Gasteiger partial charge is 0.233 e. The van der Waals surface area contributed by atoms with Gasteiger partial charge in [0.15, 0.2) is 11.0 Å². The summed E-state index contributed by atoms with van der Waals surface area (Å²) in [5.74, 6) is 1.44. The van der Waals surface area contributed by atoms with Crippen molar-refractivity contribution in [3.05, 3.63) is 35.1 Å². The van der Waals surface area contributed by atoms with Gasteiger partial charge in [-0.3, -0.25) is 4.79 Å². The summed E-state index contributed by atoms with van der Waals surface area (Å²) in [6, 6.07) is 9.27. The molecule has 0 saturated heterocycles. The fourth-order valence-corrected chi connectivity index (χ4v) is 3.19. The number of carbonyl (C=O) groups is 1. The van der Waals surface area contributed by atoms with Gasteiger partial charge in [0.1, 0.15) is 12.4 Å². The number of ether oxygens (including phenoxy) is 1. The van der Waals surface area contributed by atoms with Crippen LogP contribution in [0.1, 0.15) is 19.2 Å². The zero-order valence-electron chi connectivity index (χ0n) is 14.7. The molecule has 0 atom stereocenters. The highest BCUT2D eigenvalue weighted by molar-refractivity contribution is 7.99. The number of aromatic nitrogens is 3. The second-order valence-electron chi connectivity index (χ2n) is 5.35. The normalized spacial score (nSPS) is 10.4. The molecule has 0 N–H and O–H groups in total. The number of amides is 1. The molecule has 1 aromatic heterocycles. The Bertz CT molecular complexity index is 790. The highest BCUT2D eigenvalue weighted by Crippen LogP contribution is 2.24. The van der Waals surface area contributed by atoms with Crippen LogP contribution in [-0.2, 0) is 18.4 Å². The summed E-state index contributed by atoms with van der Waals surface area (Å²) in [5.41, 5.74) is 0. The number of nitrogens with zero attached hydrogens (tertiary/aromatic N) is 5. The van der Waals surface area contributed by atoms with Crippen LogP contribution in [0.5, 0.6) is 5.75 Å². The van der Waals surface area contributed by atoms with Gasteiger partial charge in [-0.1, -0.05) is 35.5 Å². The Balaban J connectivity index is 1.91.